The van der Waals surface area contributed by atoms with E-state index in [2.05, 4.69) is 20.9 Å². The van der Waals surface area contributed by atoms with E-state index in [9.17, 15) is 9.90 Å². The molecule has 0 amide bonds. The number of nitrogens with zero attached hydrogens (tertiary/aromatic N) is 3. The van der Waals surface area contributed by atoms with Crippen LogP contribution in [-0.2, 0) is 4.74 Å². The highest BCUT2D eigenvalue weighted by atomic mass is 35.5. The largest absolute Gasteiger partial charge is 0.506 e. The SMILES string of the molecule is COC(=O)c1cccc(-n2c(C)cc(C3C(c4ccccn4)NC(=S)N3c3cc(Cl)ccc3O)c2C)c1. The third-order valence-electron chi connectivity index (χ3n) is 6.61. The molecule has 1 aliphatic rings. The minimum atomic E-state index is -0.396. The predicted molar refractivity (Wildman–Crippen MR) is 148 cm³/mol. The number of nitrogens with one attached hydrogen (secondary N) is 1. The van der Waals surface area contributed by atoms with Gasteiger partial charge in [0, 0.05) is 28.3 Å². The first kappa shape index (κ1) is 24.8. The summed E-state index contributed by atoms with van der Waals surface area (Å²) in [4.78, 5) is 18.7. The Morgan fingerprint density at radius 2 is 1.92 bits per heavy atom. The van der Waals surface area contributed by atoms with Crippen molar-refractivity contribution >= 4 is 40.6 Å². The standard InChI is InChI=1S/C28H25ClN4O3S/c1-16-13-21(17(2)32(16)20-8-6-7-18(14-20)27(35)36-3)26-25(22-9-4-5-12-30-22)31-28(37)33(26)23-15-19(29)10-11-24(23)34/h4-15,25-26,34H,1-3H3,(H,31,37). The fourth-order valence-electron chi connectivity index (χ4n) is 4.99. The number of anilines is 1. The predicted octanol–water partition coefficient (Wildman–Crippen LogP) is 5.81. The summed E-state index contributed by atoms with van der Waals surface area (Å²) in [6.07, 6.45) is 1.75. The molecule has 2 aromatic heterocycles. The van der Waals surface area contributed by atoms with Gasteiger partial charge in [-0.3, -0.25) is 4.98 Å². The van der Waals surface area contributed by atoms with E-state index < -0.39 is 5.97 Å². The topological polar surface area (TPSA) is 79.6 Å². The lowest BCUT2D eigenvalue weighted by Gasteiger charge is -2.28. The average molecular weight is 533 g/mol. The number of ether oxygens (including phenoxy) is 1. The molecule has 1 fully saturated rings. The van der Waals surface area contributed by atoms with E-state index in [1.54, 1.807) is 30.5 Å². The number of phenolic OH excluding ortho intramolecular Hbond substituents is 1. The Kier molecular flexibility index (Phi) is 6.62. The lowest BCUT2D eigenvalue weighted by Crippen LogP contribution is -2.29. The van der Waals surface area contributed by atoms with Crippen LogP contribution in [0.5, 0.6) is 5.75 Å². The first-order chi connectivity index (χ1) is 17.8. The number of phenols is 1. The summed E-state index contributed by atoms with van der Waals surface area (Å²) in [5.41, 5.74) is 5.55. The third kappa shape index (κ3) is 4.43. The van der Waals surface area contributed by atoms with Crippen LogP contribution < -0.4 is 10.2 Å². The molecule has 1 saturated heterocycles. The summed E-state index contributed by atoms with van der Waals surface area (Å²) in [6, 6.07) is 19.5. The van der Waals surface area contributed by atoms with Crippen molar-refractivity contribution in [3.05, 3.63) is 106 Å². The van der Waals surface area contributed by atoms with Crippen molar-refractivity contribution in [3.63, 3.8) is 0 Å². The van der Waals surface area contributed by atoms with Crippen LogP contribution in [0.2, 0.25) is 5.02 Å². The Morgan fingerprint density at radius 1 is 1.11 bits per heavy atom. The number of esters is 1. The van der Waals surface area contributed by atoms with Gasteiger partial charge >= 0.3 is 5.97 Å². The highest BCUT2D eigenvalue weighted by molar-refractivity contribution is 7.80. The van der Waals surface area contributed by atoms with Crippen LogP contribution in [0.3, 0.4) is 0 Å². The second-order valence-corrected chi connectivity index (χ2v) is 9.66. The fraction of sp³-hybridized carbons (Fsp3) is 0.179. The Labute approximate surface area is 225 Å². The van der Waals surface area contributed by atoms with Crippen molar-refractivity contribution in [2.24, 2.45) is 0 Å². The molecule has 0 bridgehead atoms. The van der Waals surface area contributed by atoms with E-state index in [0.717, 1.165) is 28.3 Å². The highest BCUT2D eigenvalue weighted by Gasteiger charge is 2.43. The molecule has 0 saturated carbocycles. The van der Waals surface area contributed by atoms with Crippen LogP contribution in [0.4, 0.5) is 5.69 Å². The number of carbonyl (C=O) groups is 1. The molecular weight excluding hydrogens is 508 g/mol. The minimum absolute atomic E-state index is 0.0693. The number of halogens is 1. The lowest BCUT2D eigenvalue weighted by atomic mass is 9.96. The van der Waals surface area contributed by atoms with Gasteiger partial charge < -0.3 is 24.6 Å². The van der Waals surface area contributed by atoms with Gasteiger partial charge in [-0.25, -0.2) is 4.79 Å². The summed E-state index contributed by atoms with van der Waals surface area (Å²) >= 11 is 12.1. The third-order valence-corrected chi connectivity index (χ3v) is 7.16. The van der Waals surface area contributed by atoms with Crippen LogP contribution >= 0.6 is 23.8 Å². The summed E-state index contributed by atoms with van der Waals surface area (Å²) < 4.78 is 7.01. The zero-order chi connectivity index (χ0) is 26.3. The number of aromatic hydroxyl groups is 1. The van der Waals surface area contributed by atoms with Crippen LogP contribution in [-0.4, -0.2) is 32.8 Å². The molecule has 0 spiro atoms. The van der Waals surface area contributed by atoms with Crippen LogP contribution in [0.15, 0.2) is 72.9 Å². The fourth-order valence-corrected chi connectivity index (χ4v) is 5.50. The summed E-state index contributed by atoms with van der Waals surface area (Å²) in [5, 5.41) is 15.1. The average Bonchev–Trinajstić information content (AvgIpc) is 3.40. The number of hydrogen-bond acceptors (Lipinski definition) is 5. The molecule has 2 unspecified atom stereocenters. The van der Waals surface area contributed by atoms with Crippen molar-refractivity contribution in [3.8, 4) is 11.4 Å². The molecule has 0 aliphatic carbocycles. The quantitative estimate of drug-likeness (QED) is 0.248. The van der Waals surface area contributed by atoms with Gasteiger partial charge in [0.15, 0.2) is 5.11 Å². The molecule has 2 aromatic carbocycles. The maximum atomic E-state index is 12.2. The van der Waals surface area contributed by atoms with E-state index in [1.165, 1.54) is 7.11 Å². The van der Waals surface area contributed by atoms with Crippen molar-refractivity contribution in [2.75, 3.05) is 12.0 Å². The van der Waals surface area contributed by atoms with Gasteiger partial charge in [0.1, 0.15) is 5.75 Å². The number of carbonyl (C=O) groups excluding carboxylic acids is 1. The summed E-state index contributed by atoms with van der Waals surface area (Å²) in [7, 11) is 1.37. The number of benzene rings is 2. The molecule has 9 heteroatoms. The van der Waals surface area contributed by atoms with Gasteiger partial charge in [0.25, 0.3) is 0 Å². The first-order valence-corrected chi connectivity index (χ1v) is 12.5. The normalized spacial score (nSPS) is 17.1. The molecule has 188 valence electrons. The number of methoxy groups -OCH3 is 1. The summed E-state index contributed by atoms with van der Waals surface area (Å²) in [5.74, 6) is -0.326. The number of rotatable bonds is 5. The Balaban J connectivity index is 1.69. The van der Waals surface area contributed by atoms with Crippen LogP contribution in [0.1, 0.15) is 45.1 Å². The Hall–Kier alpha value is -3.88. The highest BCUT2D eigenvalue weighted by Crippen LogP contribution is 2.46. The zero-order valence-corrected chi connectivity index (χ0v) is 22.0. The molecule has 1 aliphatic heterocycles. The van der Waals surface area contributed by atoms with Gasteiger partial charge in [0.05, 0.1) is 36.1 Å². The molecule has 3 heterocycles. The molecule has 0 radical (unpaired) electrons. The number of thiocarbonyl (C=S) groups is 1. The smallest absolute Gasteiger partial charge is 0.337 e. The zero-order valence-electron chi connectivity index (χ0n) is 20.5. The second kappa shape index (κ2) is 9.88. The molecule has 2 N–H and O–H groups in total. The molecule has 2 atom stereocenters. The van der Waals surface area contributed by atoms with Gasteiger partial charge in [-0.1, -0.05) is 23.7 Å². The number of hydrogen-bond donors (Lipinski definition) is 2. The van der Waals surface area contributed by atoms with Crippen molar-refractivity contribution in [2.45, 2.75) is 25.9 Å². The van der Waals surface area contributed by atoms with Gasteiger partial charge in [0.2, 0.25) is 0 Å². The monoisotopic (exact) mass is 532 g/mol. The summed E-state index contributed by atoms with van der Waals surface area (Å²) in [6.45, 7) is 4.04. The van der Waals surface area contributed by atoms with Gasteiger partial charge in [-0.15, -0.1) is 0 Å². The number of pyridine rings is 1. The van der Waals surface area contributed by atoms with Crippen LogP contribution in [0, 0.1) is 13.8 Å². The maximum absolute atomic E-state index is 12.2. The Morgan fingerprint density at radius 3 is 2.65 bits per heavy atom. The van der Waals surface area contributed by atoms with Crippen molar-refractivity contribution in [1.29, 1.82) is 0 Å². The molecular formula is C28H25ClN4O3S. The molecule has 5 rings (SSSR count). The first-order valence-electron chi connectivity index (χ1n) is 11.7. The molecule has 4 aromatic rings. The van der Waals surface area contributed by atoms with E-state index in [1.807, 2.05) is 55.1 Å². The Bertz CT molecular complexity index is 1500. The second-order valence-electron chi connectivity index (χ2n) is 8.83. The number of aromatic nitrogens is 2. The maximum Gasteiger partial charge on any atom is 0.337 e. The lowest BCUT2D eigenvalue weighted by molar-refractivity contribution is 0.0600. The van der Waals surface area contributed by atoms with Gasteiger partial charge in [-0.2, -0.15) is 0 Å². The minimum Gasteiger partial charge on any atom is -0.506 e. The van der Waals surface area contributed by atoms with Crippen LogP contribution in [0.25, 0.3) is 5.69 Å². The van der Waals surface area contributed by atoms with E-state index in [4.69, 9.17) is 28.6 Å². The van der Waals surface area contributed by atoms with Crippen molar-refractivity contribution < 1.29 is 14.6 Å². The number of aryl methyl sites for hydroxylation is 1. The van der Waals surface area contributed by atoms with E-state index in [0.29, 0.717) is 21.4 Å². The molecule has 7 nitrogen and oxygen atoms in total. The van der Waals surface area contributed by atoms with Crippen molar-refractivity contribution in [1.82, 2.24) is 14.9 Å². The molecule has 37 heavy (non-hydrogen) atoms. The van der Waals surface area contributed by atoms with E-state index >= 15 is 0 Å². The van der Waals surface area contributed by atoms with Gasteiger partial charge in [-0.05, 0) is 86.2 Å². The van der Waals surface area contributed by atoms with E-state index in [-0.39, 0.29) is 17.8 Å².